The summed E-state index contributed by atoms with van der Waals surface area (Å²) in [6.45, 7) is 5.69. The van der Waals surface area contributed by atoms with Gasteiger partial charge in [0.25, 0.3) is 0 Å². The number of rotatable bonds is 4. The minimum Gasteiger partial charge on any atom is -0.330 e. The molecule has 2 nitrogen and oxygen atoms in total. The quantitative estimate of drug-likeness (QED) is 0.689. The van der Waals surface area contributed by atoms with Crippen molar-refractivity contribution in [1.29, 1.82) is 0 Å². The van der Waals surface area contributed by atoms with Crippen molar-refractivity contribution >= 4 is 0 Å². The summed E-state index contributed by atoms with van der Waals surface area (Å²) in [6, 6.07) is 0. The number of nitrogens with two attached hydrogens (primary N) is 1. The highest BCUT2D eigenvalue weighted by molar-refractivity contribution is 4.75. The molecule has 1 aliphatic rings. The molecule has 2 N–H and O–H groups in total. The highest BCUT2D eigenvalue weighted by atomic mass is 15.1. The van der Waals surface area contributed by atoms with E-state index < -0.39 is 0 Å². The van der Waals surface area contributed by atoms with Crippen LogP contribution < -0.4 is 5.73 Å². The standard InChI is InChI=1S/C10H22N2/c1-3-9(7-11)6-10-4-5-12(2)8-10/h9-10H,3-8,11H2,1-2H3. The van der Waals surface area contributed by atoms with Crippen LogP contribution in [0.5, 0.6) is 0 Å². The van der Waals surface area contributed by atoms with Crippen molar-refractivity contribution in [2.24, 2.45) is 17.6 Å². The molecular formula is C10H22N2. The average Bonchev–Trinajstić information content (AvgIpc) is 2.47. The monoisotopic (exact) mass is 170 g/mol. The molecule has 1 rings (SSSR count). The third kappa shape index (κ3) is 2.76. The Balaban J connectivity index is 2.21. The summed E-state index contributed by atoms with van der Waals surface area (Å²) in [4.78, 5) is 2.42. The summed E-state index contributed by atoms with van der Waals surface area (Å²) in [5.74, 6) is 1.69. The maximum absolute atomic E-state index is 5.68. The van der Waals surface area contributed by atoms with Gasteiger partial charge in [0.1, 0.15) is 0 Å². The topological polar surface area (TPSA) is 29.3 Å². The van der Waals surface area contributed by atoms with Gasteiger partial charge in [-0.15, -0.1) is 0 Å². The van der Waals surface area contributed by atoms with E-state index in [1.54, 1.807) is 0 Å². The van der Waals surface area contributed by atoms with E-state index in [1.807, 2.05) is 0 Å². The summed E-state index contributed by atoms with van der Waals surface area (Å²) >= 11 is 0. The zero-order chi connectivity index (χ0) is 8.97. The Labute approximate surface area is 76.1 Å². The minimum atomic E-state index is 0.765. The van der Waals surface area contributed by atoms with Crippen molar-refractivity contribution in [1.82, 2.24) is 4.90 Å². The number of nitrogens with zero attached hydrogens (tertiary/aromatic N) is 1. The van der Waals surface area contributed by atoms with Gasteiger partial charge in [-0.25, -0.2) is 0 Å². The van der Waals surface area contributed by atoms with Crippen molar-refractivity contribution in [2.75, 3.05) is 26.7 Å². The summed E-state index contributed by atoms with van der Waals surface area (Å²) < 4.78 is 0. The van der Waals surface area contributed by atoms with Crippen molar-refractivity contribution in [2.45, 2.75) is 26.2 Å². The number of hydrogen-bond donors (Lipinski definition) is 1. The van der Waals surface area contributed by atoms with E-state index >= 15 is 0 Å². The van der Waals surface area contributed by atoms with Crippen molar-refractivity contribution < 1.29 is 0 Å². The Bertz CT molecular complexity index is 121. The molecule has 0 aliphatic carbocycles. The Hall–Kier alpha value is -0.0800. The van der Waals surface area contributed by atoms with Gasteiger partial charge in [-0.2, -0.15) is 0 Å². The third-order valence-corrected chi connectivity index (χ3v) is 3.07. The van der Waals surface area contributed by atoms with Gasteiger partial charge in [-0.1, -0.05) is 13.3 Å². The van der Waals surface area contributed by atoms with Gasteiger partial charge in [-0.05, 0) is 44.8 Å². The predicted molar refractivity (Wildman–Crippen MR) is 53.1 cm³/mol. The zero-order valence-electron chi connectivity index (χ0n) is 8.42. The van der Waals surface area contributed by atoms with Gasteiger partial charge in [0.2, 0.25) is 0 Å². The lowest BCUT2D eigenvalue weighted by Crippen LogP contribution is -2.19. The Morgan fingerprint density at radius 2 is 2.33 bits per heavy atom. The number of hydrogen-bond acceptors (Lipinski definition) is 2. The molecule has 72 valence electrons. The van der Waals surface area contributed by atoms with Crippen LogP contribution in [0, 0.1) is 11.8 Å². The SMILES string of the molecule is CCC(CN)CC1CCN(C)C1. The molecular weight excluding hydrogens is 148 g/mol. The molecule has 0 bridgehead atoms. The lowest BCUT2D eigenvalue weighted by molar-refractivity contribution is 0.346. The first-order valence-corrected chi connectivity index (χ1v) is 5.14. The predicted octanol–water partition coefficient (Wildman–Crippen LogP) is 1.31. The fourth-order valence-corrected chi connectivity index (χ4v) is 2.12. The van der Waals surface area contributed by atoms with E-state index in [9.17, 15) is 0 Å². The second-order valence-corrected chi connectivity index (χ2v) is 4.16. The van der Waals surface area contributed by atoms with E-state index in [0.717, 1.165) is 18.4 Å². The van der Waals surface area contributed by atoms with E-state index in [2.05, 4.69) is 18.9 Å². The van der Waals surface area contributed by atoms with Crippen LogP contribution >= 0.6 is 0 Å². The van der Waals surface area contributed by atoms with Gasteiger partial charge >= 0.3 is 0 Å². The van der Waals surface area contributed by atoms with E-state index in [0.29, 0.717) is 0 Å². The van der Waals surface area contributed by atoms with Crippen molar-refractivity contribution in [3.05, 3.63) is 0 Å². The molecule has 12 heavy (non-hydrogen) atoms. The van der Waals surface area contributed by atoms with Crippen LogP contribution in [-0.4, -0.2) is 31.6 Å². The molecule has 0 spiro atoms. The van der Waals surface area contributed by atoms with Crippen molar-refractivity contribution in [3.8, 4) is 0 Å². The van der Waals surface area contributed by atoms with Crippen LogP contribution in [0.15, 0.2) is 0 Å². The summed E-state index contributed by atoms with van der Waals surface area (Å²) in [5, 5.41) is 0. The fourth-order valence-electron chi connectivity index (χ4n) is 2.12. The molecule has 0 aromatic carbocycles. The Kier molecular flexibility index (Phi) is 4.02. The molecule has 1 fully saturated rings. The molecule has 1 heterocycles. The normalized spacial score (nSPS) is 27.8. The average molecular weight is 170 g/mol. The molecule has 1 saturated heterocycles. The molecule has 0 saturated carbocycles. The molecule has 2 heteroatoms. The summed E-state index contributed by atoms with van der Waals surface area (Å²) in [6.07, 6.45) is 3.97. The van der Waals surface area contributed by atoms with E-state index in [-0.39, 0.29) is 0 Å². The molecule has 2 atom stereocenters. The van der Waals surface area contributed by atoms with Crippen LogP contribution in [-0.2, 0) is 0 Å². The molecule has 0 radical (unpaired) electrons. The fraction of sp³-hybridized carbons (Fsp3) is 1.00. The third-order valence-electron chi connectivity index (χ3n) is 3.07. The first-order valence-electron chi connectivity index (χ1n) is 5.14. The van der Waals surface area contributed by atoms with Gasteiger partial charge in [0.05, 0.1) is 0 Å². The number of likely N-dealkylation sites (tertiary alicyclic amines) is 1. The summed E-state index contributed by atoms with van der Waals surface area (Å²) in [5.41, 5.74) is 5.68. The maximum atomic E-state index is 5.68. The summed E-state index contributed by atoms with van der Waals surface area (Å²) in [7, 11) is 2.21. The van der Waals surface area contributed by atoms with Crippen LogP contribution in [0.2, 0.25) is 0 Å². The molecule has 0 aromatic rings. The van der Waals surface area contributed by atoms with E-state index in [4.69, 9.17) is 5.73 Å². The molecule has 2 unspecified atom stereocenters. The first kappa shape index (κ1) is 10.0. The molecule has 0 aromatic heterocycles. The lowest BCUT2D eigenvalue weighted by Gasteiger charge is -2.17. The Morgan fingerprint density at radius 3 is 2.75 bits per heavy atom. The first-order chi connectivity index (χ1) is 5.76. The second kappa shape index (κ2) is 4.83. The smallest absolute Gasteiger partial charge is 0.000719 e. The van der Waals surface area contributed by atoms with Crippen LogP contribution in [0.25, 0.3) is 0 Å². The second-order valence-electron chi connectivity index (χ2n) is 4.16. The van der Waals surface area contributed by atoms with Crippen LogP contribution in [0.1, 0.15) is 26.2 Å². The lowest BCUT2D eigenvalue weighted by atomic mass is 9.92. The minimum absolute atomic E-state index is 0.765. The molecule has 0 amide bonds. The van der Waals surface area contributed by atoms with E-state index in [1.165, 1.54) is 32.4 Å². The molecule has 1 aliphatic heterocycles. The van der Waals surface area contributed by atoms with Crippen LogP contribution in [0.4, 0.5) is 0 Å². The van der Waals surface area contributed by atoms with Gasteiger partial charge in [0, 0.05) is 6.54 Å². The van der Waals surface area contributed by atoms with Gasteiger partial charge in [-0.3, -0.25) is 0 Å². The Morgan fingerprint density at radius 1 is 1.58 bits per heavy atom. The van der Waals surface area contributed by atoms with Gasteiger partial charge < -0.3 is 10.6 Å². The van der Waals surface area contributed by atoms with Gasteiger partial charge in [0.15, 0.2) is 0 Å². The van der Waals surface area contributed by atoms with Crippen molar-refractivity contribution in [3.63, 3.8) is 0 Å². The largest absolute Gasteiger partial charge is 0.330 e. The zero-order valence-corrected chi connectivity index (χ0v) is 8.42. The highest BCUT2D eigenvalue weighted by Gasteiger charge is 2.21. The van der Waals surface area contributed by atoms with Crippen LogP contribution in [0.3, 0.4) is 0 Å². The highest BCUT2D eigenvalue weighted by Crippen LogP contribution is 2.23. The maximum Gasteiger partial charge on any atom is 0.000719 e.